The van der Waals surface area contributed by atoms with Gasteiger partial charge in [-0.15, -0.1) is 11.3 Å². The van der Waals surface area contributed by atoms with Gasteiger partial charge in [0.1, 0.15) is 5.00 Å². The summed E-state index contributed by atoms with van der Waals surface area (Å²) in [6.45, 7) is 1.96. The third-order valence-corrected chi connectivity index (χ3v) is 6.29. The van der Waals surface area contributed by atoms with Gasteiger partial charge in [0.15, 0.2) is 0 Å². The van der Waals surface area contributed by atoms with E-state index in [1.807, 2.05) is 24.3 Å². The van der Waals surface area contributed by atoms with E-state index in [2.05, 4.69) is 31.8 Å². The van der Waals surface area contributed by atoms with Crippen molar-refractivity contribution in [2.45, 2.75) is 32.6 Å². The fourth-order valence-electron chi connectivity index (χ4n) is 3.02. The van der Waals surface area contributed by atoms with Crippen molar-refractivity contribution in [3.63, 3.8) is 0 Å². The molecule has 1 aromatic carbocycles. The predicted molar refractivity (Wildman–Crippen MR) is 115 cm³/mol. The maximum Gasteiger partial charge on any atom is 0.341 e. The van der Waals surface area contributed by atoms with Gasteiger partial charge in [-0.1, -0.05) is 34.1 Å². The Morgan fingerprint density at radius 1 is 1.21 bits per heavy atom. The molecule has 1 heterocycles. The number of nitrogens with one attached hydrogen (secondary N) is 2. The smallest absolute Gasteiger partial charge is 0.341 e. The van der Waals surface area contributed by atoms with Crippen LogP contribution in [-0.4, -0.2) is 30.6 Å². The molecule has 0 saturated carbocycles. The van der Waals surface area contributed by atoms with Crippen LogP contribution >= 0.6 is 27.3 Å². The summed E-state index contributed by atoms with van der Waals surface area (Å²) in [7, 11) is 0. The number of benzene rings is 1. The lowest BCUT2D eigenvalue weighted by Crippen LogP contribution is -2.32. The Kier molecular flexibility index (Phi) is 7.16. The minimum atomic E-state index is -0.922. The zero-order chi connectivity index (χ0) is 20.8. The van der Waals surface area contributed by atoms with Crippen LogP contribution in [0.4, 0.5) is 5.00 Å². The van der Waals surface area contributed by atoms with Crippen LogP contribution in [-0.2, 0) is 27.2 Å². The topological polar surface area (TPSA) is 96.9 Å². The van der Waals surface area contributed by atoms with E-state index in [-0.39, 0.29) is 6.61 Å². The van der Waals surface area contributed by atoms with Crippen LogP contribution in [0, 0.1) is 0 Å². The van der Waals surface area contributed by atoms with Gasteiger partial charge in [-0.25, -0.2) is 10.2 Å². The van der Waals surface area contributed by atoms with Crippen molar-refractivity contribution in [2.75, 3.05) is 11.9 Å². The summed E-state index contributed by atoms with van der Waals surface area (Å²) in [5.74, 6) is -2.29. The average Bonchev–Trinajstić information content (AvgIpc) is 3.07. The SMILES string of the molecule is CCOC(=O)c1c(NC(=O)C(=O)NN=Cc2ccccc2Br)sc2c1CCCC2. The second-order valence-electron chi connectivity index (χ2n) is 6.31. The molecule has 0 spiro atoms. The van der Waals surface area contributed by atoms with Gasteiger partial charge in [0.25, 0.3) is 0 Å². The molecule has 9 heteroatoms. The molecule has 0 atom stereocenters. The van der Waals surface area contributed by atoms with E-state index in [1.165, 1.54) is 17.6 Å². The number of amides is 2. The number of halogens is 1. The number of rotatable bonds is 5. The molecule has 0 bridgehead atoms. The van der Waals surface area contributed by atoms with E-state index in [9.17, 15) is 14.4 Å². The zero-order valence-corrected chi connectivity index (χ0v) is 18.2. The first kappa shape index (κ1) is 21.2. The number of carbonyl (C=O) groups excluding carboxylic acids is 3. The van der Waals surface area contributed by atoms with E-state index >= 15 is 0 Å². The first-order chi connectivity index (χ1) is 14.0. The minimum absolute atomic E-state index is 0.237. The molecule has 2 amide bonds. The number of hydrazone groups is 1. The monoisotopic (exact) mass is 477 g/mol. The highest BCUT2D eigenvalue weighted by molar-refractivity contribution is 9.10. The van der Waals surface area contributed by atoms with E-state index < -0.39 is 17.8 Å². The summed E-state index contributed by atoms with van der Waals surface area (Å²) >= 11 is 4.70. The number of anilines is 1. The molecule has 152 valence electrons. The zero-order valence-electron chi connectivity index (χ0n) is 15.8. The van der Waals surface area contributed by atoms with Gasteiger partial charge in [-0.05, 0) is 44.2 Å². The van der Waals surface area contributed by atoms with Crippen molar-refractivity contribution in [1.82, 2.24) is 5.43 Å². The normalized spacial score (nSPS) is 13.0. The Morgan fingerprint density at radius 2 is 1.97 bits per heavy atom. The number of esters is 1. The molecular weight excluding hydrogens is 458 g/mol. The molecule has 7 nitrogen and oxygen atoms in total. The highest BCUT2D eigenvalue weighted by Gasteiger charge is 2.28. The standard InChI is InChI=1S/C20H20BrN3O4S/c1-2-28-20(27)16-13-8-4-6-10-15(13)29-19(16)23-17(25)18(26)24-22-11-12-7-3-5-9-14(12)21/h3,5,7,9,11H,2,4,6,8,10H2,1H3,(H,23,25)(H,24,26). The third kappa shape index (κ3) is 5.10. The van der Waals surface area contributed by atoms with E-state index in [0.29, 0.717) is 10.6 Å². The van der Waals surface area contributed by atoms with Crippen LogP contribution in [0.25, 0.3) is 0 Å². The number of ether oxygens (including phenoxy) is 1. The highest BCUT2D eigenvalue weighted by atomic mass is 79.9. The van der Waals surface area contributed by atoms with Crippen LogP contribution in [0.5, 0.6) is 0 Å². The van der Waals surface area contributed by atoms with E-state index in [0.717, 1.165) is 46.2 Å². The molecule has 0 unspecified atom stereocenters. The van der Waals surface area contributed by atoms with Crippen LogP contribution in [0.3, 0.4) is 0 Å². The number of thiophene rings is 1. The van der Waals surface area contributed by atoms with Crippen molar-refractivity contribution < 1.29 is 19.1 Å². The van der Waals surface area contributed by atoms with Crippen LogP contribution in [0.1, 0.15) is 46.1 Å². The predicted octanol–water partition coefficient (Wildman–Crippen LogP) is 3.65. The number of hydrogen-bond donors (Lipinski definition) is 2. The van der Waals surface area contributed by atoms with Gasteiger partial charge in [0.2, 0.25) is 0 Å². The molecule has 2 N–H and O–H groups in total. The molecule has 1 aliphatic carbocycles. The lowest BCUT2D eigenvalue weighted by Gasteiger charge is -2.12. The maximum absolute atomic E-state index is 12.4. The highest BCUT2D eigenvalue weighted by Crippen LogP contribution is 2.38. The third-order valence-electron chi connectivity index (χ3n) is 4.36. The lowest BCUT2D eigenvalue weighted by molar-refractivity contribution is -0.136. The number of fused-ring (bicyclic) bond motifs is 1. The number of aryl methyl sites for hydroxylation is 1. The van der Waals surface area contributed by atoms with Crippen LogP contribution < -0.4 is 10.7 Å². The van der Waals surface area contributed by atoms with Gasteiger partial charge in [-0.3, -0.25) is 9.59 Å². The Balaban J connectivity index is 1.71. The number of carbonyl (C=O) groups is 3. The molecule has 0 fully saturated rings. The first-order valence-electron chi connectivity index (χ1n) is 9.21. The second kappa shape index (κ2) is 9.80. The van der Waals surface area contributed by atoms with Gasteiger partial charge in [0, 0.05) is 14.9 Å². The fourth-order valence-corrected chi connectivity index (χ4v) is 4.68. The van der Waals surface area contributed by atoms with Gasteiger partial charge in [0.05, 0.1) is 18.4 Å². The molecule has 0 radical (unpaired) electrons. The van der Waals surface area contributed by atoms with Crippen molar-refractivity contribution in [3.8, 4) is 0 Å². The summed E-state index contributed by atoms with van der Waals surface area (Å²) in [6, 6.07) is 7.33. The van der Waals surface area contributed by atoms with Crippen LogP contribution in [0.2, 0.25) is 0 Å². The Labute approximate surface area is 180 Å². The van der Waals surface area contributed by atoms with Crippen molar-refractivity contribution in [3.05, 3.63) is 50.3 Å². The minimum Gasteiger partial charge on any atom is -0.462 e. The maximum atomic E-state index is 12.4. The van der Waals surface area contributed by atoms with Gasteiger partial charge in [-0.2, -0.15) is 5.10 Å². The van der Waals surface area contributed by atoms with Gasteiger partial charge >= 0.3 is 17.8 Å². The molecule has 1 aromatic heterocycles. The second-order valence-corrected chi connectivity index (χ2v) is 8.27. The molecule has 3 rings (SSSR count). The Morgan fingerprint density at radius 3 is 2.72 bits per heavy atom. The number of nitrogens with zero attached hydrogens (tertiary/aromatic N) is 1. The van der Waals surface area contributed by atoms with Crippen molar-refractivity contribution >= 4 is 56.3 Å². The molecule has 2 aromatic rings. The average molecular weight is 478 g/mol. The van der Waals surface area contributed by atoms with Gasteiger partial charge < -0.3 is 10.1 Å². The molecular formula is C20H20BrN3O4S. The Hall–Kier alpha value is -2.52. The quantitative estimate of drug-likeness (QED) is 0.297. The Bertz CT molecular complexity index is 971. The van der Waals surface area contributed by atoms with Crippen LogP contribution in [0.15, 0.2) is 33.8 Å². The lowest BCUT2D eigenvalue weighted by atomic mass is 9.95. The summed E-state index contributed by atoms with van der Waals surface area (Å²) in [6.07, 6.45) is 5.06. The molecule has 29 heavy (non-hydrogen) atoms. The molecule has 0 aliphatic heterocycles. The largest absolute Gasteiger partial charge is 0.462 e. The summed E-state index contributed by atoms with van der Waals surface area (Å²) in [5.41, 5.74) is 4.24. The summed E-state index contributed by atoms with van der Waals surface area (Å²) in [4.78, 5) is 37.9. The number of hydrogen-bond acceptors (Lipinski definition) is 6. The molecule has 1 aliphatic rings. The van der Waals surface area contributed by atoms with Crippen molar-refractivity contribution in [1.29, 1.82) is 0 Å². The van der Waals surface area contributed by atoms with E-state index in [4.69, 9.17) is 4.74 Å². The first-order valence-corrected chi connectivity index (χ1v) is 10.8. The fraction of sp³-hybridized carbons (Fsp3) is 0.300. The molecule has 0 saturated heterocycles. The van der Waals surface area contributed by atoms with Crippen molar-refractivity contribution in [2.24, 2.45) is 5.10 Å². The van der Waals surface area contributed by atoms with E-state index in [1.54, 1.807) is 6.92 Å². The summed E-state index contributed by atoms with van der Waals surface area (Å²) in [5, 5.41) is 6.72. The summed E-state index contributed by atoms with van der Waals surface area (Å²) < 4.78 is 5.96.